The lowest BCUT2D eigenvalue weighted by Crippen LogP contribution is -2.53. The van der Waals surface area contributed by atoms with Gasteiger partial charge in [-0.3, -0.25) is 9.59 Å². The zero-order chi connectivity index (χ0) is 22.8. The standard InChI is InChI=1S/C24H32N4O3/c1-5-19-13-9-10-14-20(19)26-21(29)16-28(4)23(30)22(17(2)3)27-24(31)25-15-18-11-7-6-8-12-18/h6-14,17,22H,5,15-16H2,1-4H3,(H,26,29)(H2,25,27,31). The number of rotatable bonds is 9. The van der Waals surface area contributed by atoms with E-state index in [4.69, 9.17) is 0 Å². The van der Waals surface area contributed by atoms with Gasteiger partial charge < -0.3 is 20.9 Å². The van der Waals surface area contributed by atoms with Gasteiger partial charge in [0.15, 0.2) is 0 Å². The number of carbonyl (C=O) groups excluding carboxylic acids is 3. The van der Waals surface area contributed by atoms with Crippen LogP contribution >= 0.6 is 0 Å². The number of hydrogen-bond donors (Lipinski definition) is 3. The molecular weight excluding hydrogens is 392 g/mol. The van der Waals surface area contributed by atoms with Crippen molar-refractivity contribution in [2.75, 3.05) is 18.9 Å². The van der Waals surface area contributed by atoms with Crippen LogP contribution < -0.4 is 16.0 Å². The molecule has 7 nitrogen and oxygen atoms in total. The quantitative estimate of drug-likeness (QED) is 0.577. The van der Waals surface area contributed by atoms with Gasteiger partial charge >= 0.3 is 6.03 Å². The van der Waals surface area contributed by atoms with Gasteiger partial charge in [0.2, 0.25) is 11.8 Å². The van der Waals surface area contributed by atoms with Crippen LogP contribution in [-0.4, -0.2) is 42.4 Å². The van der Waals surface area contributed by atoms with Crippen molar-refractivity contribution in [2.45, 2.75) is 39.8 Å². The molecule has 1 atom stereocenters. The average molecular weight is 425 g/mol. The number of likely N-dealkylation sites (N-methyl/N-ethyl adjacent to an activating group) is 1. The van der Waals surface area contributed by atoms with E-state index >= 15 is 0 Å². The molecule has 166 valence electrons. The summed E-state index contributed by atoms with van der Waals surface area (Å²) in [7, 11) is 1.56. The fraction of sp³-hybridized carbons (Fsp3) is 0.375. The van der Waals surface area contributed by atoms with Crippen molar-refractivity contribution in [3.05, 3.63) is 65.7 Å². The van der Waals surface area contributed by atoms with Gasteiger partial charge in [-0.05, 0) is 29.5 Å². The molecule has 0 fully saturated rings. The van der Waals surface area contributed by atoms with Crippen molar-refractivity contribution in [1.82, 2.24) is 15.5 Å². The number of anilines is 1. The summed E-state index contributed by atoms with van der Waals surface area (Å²) < 4.78 is 0. The Hall–Kier alpha value is -3.35. The summed E-state index contributed by atoms with van der Waals surface area (Å²) in [6.07, 6.45) is 0.794. The van der Waals surface area contributed by atoms with Crippen LogP contribution in [0.4, 0.5) is 10.5 Å². The third kappa shape index (κ3) is 7.44. The Morgan fingerprint density at radius 1 is 0.968 bits per heavy atom. The summed E-state index contributed by atoms with van der Waals surface area (Å²) in [4.78, 5) is 39.0. The van der Waals surface area contributed by atoms with Crippen molar-refractivity contribution < 1.29 is 14.4 Å². The molecule has 1 unspecified atom stereocenters. The van der Waals surface area contributed by atoms with E-state index in [1.165, 1.54) is 4.90 Å². The van der Waals surface area contributed by atoms with E-state index < -0.39 is 12.1 Å². The van der Waals surface area contributed by atoms with Crippen LogP contribution in [0.25, 0.3) is 0 Å². The molecule has 0 saturated heterocycles. The molecule has 0 radical (unpaired) electrons. The highest BCUT2D eigenvalue weighted by Gasteiger charge is 2.28. The van der Waals surface area contributed by atoms with Crippen molar-refractivity contribution >= 4 is 23.5 Å². The fourth-order valence-corrected chi connectivity index (χ4v) is 3.16. The molecule has 0 spiro atoms. The first kappa shape index (κ1) is 23.9. The summed E-state index contributed by atoms with van der Waals surface area (Å²) in [6.45, 7) is 5.98. The van der Waals surface area contributed by atoms with E-state index in [0.717, 1.165) is 23.2 Å². The number of nitrogens with zero attached hydrogens (tertiary/aromatic N) is 1. The average Bonchev–Trinajstić information content (AvgIpc) is 2.76. The summed E-state index contributed by atoms with van der Waals surface area (Å²) in [5.74, 6) is -0.738. The fourth-order valence-electron chi connectivity index (χ4n) is 3.16. The molecule has 4 amide bonds. The Labute approximate surface area is 184 Å². The molecule has 3 N–H and O–H groups in total. The van der Waals surface area contributed by atoms with E-state index in [1.54, 1.807) is 7.05 Å². The molecule has 2 aromatic rings. The Balaban J connectivity index is 1.92. The second-order valence-electron chi connectivity index (χ2n) is 7.79. The predicted octanol–water partition coefficient (Wildman–Crippen LogP) is 3.17. The first-order valence-electron chi connectivity index (χ1n) is 10.5. The lowest BCUT2D eigenvalue weighted by molar-refractivity contribution is -0.135. The lowest BCUT2D eigenvalue weighted by Gasteiger charge is -2.27. The normalized spacial score (nSPS) is 11.5. The van der Waals surface area contributed by atoms with Crippen molar-refractivity contribution in [1.29, 1.82) is 0 Å². The first-order valence-corrected chi connectivity index (χ1v) is 10.5. The Kier molecular flexibility index (Phi) is 9.06. The van der Waals surface area contributed by atoms with Gasteiger partial charge in [0.05, 0.1) is 6.54 Å². The van der Waals surface area contributed by atoms with Crippen LogP contribution in [0.1, 0.15) is 31.9 Å². The van der Waals surface area contributed by atoms with Crippen LogP contribution in [0, 0.1) is 5.92 Å². The Bertz CT molecular complexity index is 883. The van der Waals surface area contributed by atoms with Gasteiger partial charge in [0.1, 0.15) is 6.04 Å². The van der Waals surface area contributed by atoms with Gasteiger partial charge in [-0.1, -0.05) is 69.3 Å². The van der Waals surface area contributed by atoms with E-state index in [1.807, 2.05) is 75.4 Å². The van der Waals surface area contributed by atoms with E-state index in [-0.39, 0.29) is 24.3 Å². The van der Waals surface area contributed by atoms with Gasteiger partial charge in [0, 0.05) is 19.3 Å². The maximum atomic E-state index is 12.9. The highest BCUT2D eigenvalue weighted by atomic mass is 16.2. The largest absolute Gasteiger partial charge is 0.335 e. The molecule has 0 saturated carbocycles. The minimum absolute atomic E-state index is 0.104. The number of para-hydroxylation sites is 1. The van der Waals surface area contributed by atoms with Gasteiger partial charge in [-0.25, -0.2) is 4.79 Å². The molecule has 0 aliphatic rings. The number of urea groups is 1. The van der Waals surface area contributed by atoms with E-state index in [9.17, 15) is 14.4 Å². The molecule has 2 rings (SSSR count). The lowest BCUT2D eigenvalue weighted by atomic mass is 10.0. The maximum absolute atomic E-state index is 12.9. The first-order chi connectivity index (χ1) is 14.8. The second-order valence-corrected chi connectivity index (χ2v) is 7.79. The van der Waals surface area contributed by atoms with Crippen molar-refractivity contribution in [3.8, 4) is 0 Å². The summed E-state index contributed by atoms with van der Waals surface area (Å²) >= 11 is 0. The minimum atomic E-state index is -0.739. The molecule has 7 heteroatoms. The molecule has 0 heterocycles. The minimum Gasteiger partial charge on any atom is -0.335 e. The van der Waals surface area contributed by atoms with Crippen LogP contribution in [-0.2, 0) is 22.6 Å². The van der Waals surface area contributed by atoms with Gasteiger partial charge in [-0.15, -0.1) is 0 Å². The maximum Gasteiger partial charge on any atom is 0.315 e. The summed E-state index contributed by atoms with van der Waals surface area (Å²) in [5, 5.41) is 8.36. The van der Waals surface area contributed by atoms with E-state index in [0.29, 0.717) is 6.54 Å². The molecule has 0 bridgehead atoms. The molecule has 31 heavy (non-hydrogen) atoms. The Morgan fingerprint density at radius 2 is 1.61 bits per heavy atom. The third-order valence-corrected chi connectivity index (χ3v) is 4.94. The number of amides is 4. The monoisotopic (exact) mass is 424 g/mol. The molecule has 0 aromatic heterocycles. The van der Waals surface area contributed by atoms with Crippen LogP contribution in [0.5, 0.6) is 0 Å². The molecule has 0 aliphatic carbocycles. The van der Waals surface area contributed by atoms with Crippen molar-refractivity contribution in [3.63, 3.8) is 0 Å². The highest BCUT2D eigenvalue weighted by molar-refractivity contribution is 5.96. The third-order valence-electron chi connectivity index (χ3n) is 4.94. The molecule has 2 aromatic carbocycles. The van der Waals surface area contributed by atoms with Crippen LogP contribution in [0.3, 0.4) is 0 Å². The number of benzene rings is 2. The zero-order valence-corrected chi connectivity index (χ0v) is 18.6. The summed E-state index contributed by atoms with van der Waals surface area (Å²) in [5.41, 5.74) is 2.74. The molecular formula is C24H32N4O3. The number of nitrogens with one attached hydrogen (secondary N) is 3. The SMILES string of the molecule is CCc1ccccc1NC(=O)CN(C)C(=O)C(NC(=O)NCc1ccccc1)C(C)C. The molecule has 0 aliphatic heterocycles. The summed E-state index contributed by atoms with van der Waals surface area (Å²) in [6, 6.07) is 15.9. The van der Waals surface area contributed by atoms with Gasteiger partial charge in [-0.2, -0.15) is 0 Å². The van der Waals surface area contributed by atoms with Crippen LogP contribution in [0.15, 0.2) is 54.6 Å². The van der Waals surface area contributed by atoms with Gasteiger partial charge in [0.25, 0.3) is 0 Å². The second kappa shape index (κ2) is 11.7. The number of carbonyl (C=O) groups is 3. The van der Waals surface area contributed by atoms with E-state index in [2.05, 4.69) is 16.0 Å². The highest BCUT2D eigenvalue weighted by Crippen LogP contribution is 2.15. The Morgan fingerprint density at radius 3 is 2.26 bits per heavy atom. The van der Waals surface area contributed by atoms with Crippen molar-refractivity contribution in [2.24, 2.45) is 5.92 Å². The zero-order valence-electron chi connectivity index (χ0n) is 18.6. The number of aryl methyl sites for hydroxylation is 1. The number of hydrogen-bond acceptors (Lipinski definition) is 3. The van der Waals surface area contributed by atoms with Crippen LogP contribution in [0.2, 0.25) is 0 Å². The topological polar surface area (TPSA) is 90.5 Å². The smallest absolute Gasteiger partial charge is 0.315 e. The predicted molar refractivity (Wildman–Crippen MR) is 123 cm³/mol.